The molecule has 0 aromatic carbocycles. The van der Waals surface area contributed by atoms with E-state index in [2.05, 4.69) is 10.3 Å². The topological polar surface area (TPSA) is 79.3 Å². The molecule has 17 heavy (non-hydrogen) atoms. The van der Waals surface area contributed by atoms with Gasteiger partial charge in [0.15, 0.2) is 5.13 Å². The zero-order valence-corrected chi connectivity index (χ0v) is 10.1. The van der Waals surface area contributed by atoms with Crippen LogP contribution in [0.3, 0.4) is 0 Å². The number of anilines is 1. The molecule has 2 unspecified atom stereocenters. The first-order chi connectivity index (χ1) is 8.16. The van der Waals surface area contributed by atoms with Crippen LogP contribution >= 0.6 is 11.3 Å². The smallest absolute Gasteiger partial charge is 0.306 e. The predicted molar refractivity (Wildman–Crippen MR) is 63.8 cm³/mol. The lowest BCUT2D eigenvalue weighted by molar-refractivity contribution is -0.143. The Morgan fingerprint density at radius 3 is 2.82 bits per heavy atom. The Morgan fingerprint density at radius 1 is 1.41 bits per heavy atom. The molecular formula is C11H14N2O3S. The lowest BCUT2D eigenvalue weighted by atomic mass is 9.81. The molecule has 0 bridgehead atoms. The number of carbonyl (C=O) groups excluding carboxylic acids is 1. The molecule has 0 saturated heterocycles. The van der Waals surface area contributed by atoms with E-state index in [1.165, 1.54) is 11.3 Å². The van der Waals surface area contributed by atoms with Gasteiger partial charge in [0.2, 0.25) is 5.91 Å². The molecular weight excluding hydrogens is 240 g/mol. The number of carbonyl (C=O) groups is 2. The second-order valence-electron chi connectivity index (χ2n) is 4.23. The molecule has 1 heterocycles. The Hall–Kier alpha value is -1.43. The van der Waals surface area contributed by atoms with Crippen molar-refractivity contribution in [2.75, 3.05) is 5.32 Å². The van der Waals surface area contributed by atoms with E-state index >= 15 is 0 Å². The van der Waals surface area contributed by atoms with Gasteiger partial charge in [0, 0.05) is 17.5 Å². The molecule has 0 spiro atoms. The molecule has 1 amide bonds. The van der Waals surface area contributed by atoms with Crippen molar-refractivity contribution >= 4 is 28.3 Å². The number of nitrogens with zero attached hydrogens (tertiary/aromatic N) is 1. The van der Waals surface area contributed by atoms with Crippen LogP contribution in [0.2, 0.25) is 0 Å². The van der Waals surface area contributed by atoms with Crippen LogP contribution in [-0.4, -0.2) is 22.0 Å². The predicted octanol–water partition coefficient (Wildman–Crippen LogP) is 1.97. The molecule has 2 atom stereocenters. The third-order valence-corrected chi connectivity index (χ3v) is 3.75. The summed E-state index contributed by atoms with van der Waals surface area (Å²) in [4.78, 5) is 26.8. The number of carboxylic acid groups (broad SMARTS) is 1. The van der Waals surface area contributed by atoms with E-state index in [0.29, 0.717) is 18.0 Å². The van der Waals surface area contributed by atoms with Crippen molar-refractivity contribution in [3.63, 3.8) is 0 Å². The summed E-state index contributed by atoms with van der Waals surface area (Å²) in [6, 6.07) is 0. The fraction of sp³-hybridized carbons (Fsp3) is 0.545. The fourth-order valence-electron chi connectivity index (χ4n) is 2.14. The Morgan fingerprint density at radius 2 is 2.18 bits per heavy atom. The van der Waals surface area contributed by atoms with E-state index in [0.717, 1.165) is 12.8 Å². The largest absolute Gasteiger partial charge is 0.481 e. The third-order valence-electron chi connectivity index (χ3n) is 3.06. The summed E-state index contributed by atoms with van der Waals surface area (Å²) in [7, 11) is 0. The SMILES string of the molecule is O=C(O)C1CCCC(C(=O)Nc2nccs2)C1. The number of thiazole rings is 1. The zero-order chi connectivity index (χ0) is 12.3. The summed E-state index contributed by atoms with van der Waals surface area (Å²) in [5.41, 5.74) is 0. The Bertz CT molecular complexity index is 405. The van der Waals surface area contributed by atoms with Crippen molar-refractivity contribution in [2.45, 2.75) is 25.7 Å². The molecule has 1 saturated carbocycles. The minimum Gasteiger partial charge on any atom is -0.481 e. The highest BCUT2D eigenvalue weighted by atomic mass is 32.1. The van der Waals surface area contributed by atoms with Crippen molar-refractivity contribution in [3.05, 3.63) is 11.6 Å². The van der Waals surface area contributed by atoms with E-state index in [1.54, 1.807) is 11.6 Å². The van der Waals surface area contributed by atoms with Gasteiger partial charge in [-0.2, -0.15) is 0 Å². The van der Waals surface area contributed by atoms with Crippen molar-refractivity contribution < 1.29 is 14.7 Å². The van der Waals surface area contributed by atoms with E-state index < -0.39 is 5.97 Å². The molecule has 0 radical (unpaired) electrons. The summed E-state index contributed by atoms with van der Waals surface area (Å²) in [6.45, 7) is 0. The average molecular weight is 254 g/mol. The average Bonchev–Trinajstić information content (AvgIpc) is 2.82. The number of aliphatic carboxylic acids is 1. The normalized spacial score (nSPS) is 24.2. The molecule has 92 valence electrons. The van der Waals surface area contributed by atoms with Crippen LogP contribution in [0, 0.1) is 11.8 Å². The zero-order valence-electron chi connectivity index (χ0n) is 9.26. The molecule has 1 fully saturated rings. The quantitative estimate of drug-likeness (QED) is 0.864. The van der Waals surface area contributed by atoms with Gasteiger partial charge in [-0.1, -0.05) is 6.42 Å². The first-order valence-corrected chi connectivity index (χ1v) is 6.48. The van der Waals surface area contributed by atoms with Gasteiger partial charge >= 0.3 is 5.97 Å². The van der Waals surface area contributed by atoms with Gasteiger partial charge in [-0.3, -0.25) is 9.59 Å². The lowest BCUT2D eigenvalue weighted by Crippen LogP contribution is -2.30. The lowest BCUT2D eigenvalue weighted by Gasteiger charge is -2.25. The molecule has 1 aliphatic rings. The maximum atomic E-state index is 11.9. The summed E-state index contributed by atoms with van der Waals surface area (Å²) >= 11 is 1.36. The van der Waals surface area contributed by atoms with E-state index in [9.17, 15) is 9.59 Å². The molecule has 6 heteroatoms. The van der Waals surface area contributed by atoms with E-state index in [1.807, 2.05) is 0 Å². The molecule has 0 aliphatic heterocycles. The van der Waals surface area contributed by atoms with Gasteiger partial charge in [-0.25, -0.2) is 4.98 Å². The van der Waals surface area contributed by atoms with Gasteiger partial charge in [0.25, 0.3) is 0 Å². The van der Waals surface area contributed by atoms with Crippen LogP contribution in [0.1, 0.15) is 25.7 Å². The molecule has 1 aromatic heterocycles. The first kappa shape index (κ1) is 12.0. The van der Waals surface area contributed by atoms with Gasteiger partial charge in [0.1, 0.15) is 0 Å². The third kappa shape index (κ3) is 3.03. The number of hydrogen-bond acceptors (Lipinski definition) is 4. The highest BCUT2D eigenvalue weighted by Gasteiger charge is 2.31. The van der Waals surface area contributed by atoms with Crippen molar-refractivity contribution in [2.24, 2.45) is 11.8 Å². The molecule has 5 nitrogen and oxygen atoms in total. The number of nitrogens with one attached hydrogen (secondary N) is 1. The van der Waals surface area contributed by atoms with Crippen LogP contribution in [-0.2, 0) is 9.59 Å². The van der Waals surface area contributed by atoms with Crippen molar-refractivity contribution in [1.82, 2.24) is 4.98 Å². The van der Waals surface area contributed by atoms with Gasteiger partial charge in [0.05, 0.1) is 5.92 Å². The minimum atomic E-state index is -0.795. The maximum Gasteiger partial charge on any atom is 0.306 e. The summed E-state index contributed by atoms with van der Waals surface area (Å²) < 4.78 is 0. The van der Waals surface area contributed by atoms with Crippen LogP contribution in [0.15, 0.2) is 11.6 Å². The van der Waals surface area contributed by atoms with Crippen LogP contribution in [0.25, 0.3) is 0 Å². The van der Waals surface area contributed by atoms with Crippen molar-refractivity contribution in [1.29, 1.82) is 0 Å². The number of rotatable bonds is 3. The van der Waals surface area contributed by atoms with E-state index in [-0.39, 0.29) is 17.7 Å². The highest BCUT2D eigenvalue weighted by Crippen LogP contribution is 2.30. The minimum absolute atomic E-state index is 0.106. The standard InChI is InChI=1S/C11H14N2O3S/c14-9(13-11-12-4-5-17-11)7-2-1-3-8(6-7)10(15)16/h4-5,7-8H,1-3,6H2,(H,15,16)(H,12,13,14). The van der Waals surface area contributed by atoms with Crippen LogP contribution < -0.4 is 5.32 Å². The molecule has 2 rings (SSSR count). The van der Waals surface area contributed by atoms with Crippen LogP contribution in [0.5, 0.6) is 0 Å². The van der Waals surface area contributed by atoms with Gasteiger partial charge in [-0.05, 0) is 19.3 Å². The Kier molecular flexibility index (Phi) is 3.73. The van der Waals surface area contributed by atoms with Crippen molar-refractivity contribution in [3.8, 4) is 0 Å². The number of hydrogen-bond donors (Lipinski definition) is 2. The van der Waals surface area contributed by atoms with Gasteiger partial charge in [-0.15, -0.1) is 11.3 Å². The van der Waals surface area contributed by atoms with E-state index in [4.69, 9.17) is 5.11 Å². The maximum absolute atomic E-state index is 11.9. The number of carboxylic acids is 1. The monoisotopic (exact) mass is 254 g/mol. The Labute approximate surface area is 103 Å². The first-order valence-electron chi connectivity index (χ1n) is 5.60. The highest BCUT2D eigenvalue weighted by molar-refractivity contribution is 7.13. The van der Waals surface area contributed by atoms with Gasteiger partial charge < -0.3 is 10.4 Å². The Balaban J connectivity index is 1.93. The second-order valence-corrected chi connectivity index (χ2v) is 5.12. The second kappa shape index (κ2) is 5.27. The fourth-order valence-corrected chi connectivity index (χ4v) is 2.68. The molecule has 1 aromatic rings. The molecule has 1 aliphatic carbocycles. The summed E-state index contributed by atoms with van der Waals surface area (Å²) in [5.74, 6) is -1.48. The number of amides is 1. The number of aromatic nitrogens is 1. The summed E-state index contributed by atoms with van der Waals surface area (Å²) in [6.07, 6.45) is 4.30. The summed E-state index contributed by atoms with van der Waals surface area (Å²) in [5, 5.41) is 14.0. The van der Waals surface area contributed by atoms with Crippen LogP contribution in [0.4, 0.5) is 5.13 Å². The molecule has 2 N–H and O–H groups in total.